The smallest absolute Gasteiger partial charge is 0.259 e. The van der Waals surface area contributed by atoms with Gasteiger partial charge in [-0.2, -0.15) is 0 Å². The van der Waals surface area contributed by atoms with Crippen molar-refractivity contribution in [1.29, 1.82) is 0 Å². The number of nitrogens with zero attached hydrogens (tertiary/aromatic N) is 4. The van der Waals surface area contributed by atoms with E-state index in [1.54, 1.807) is 17.6 Å². The van der Waals surface area contributed by atoms with Gasteiger partial charge in [-0.3, -0.25) is 10.1 Å². The Labute approximate surface area is 142 Å². The van der Waals surface area contributed by atoms with E-state index in [2.05, 4.69) is 31.0 Å². The summed E-state index contributed by atoms with van der Waals surface area (Å²) >= 11 is 1.26. The van der Waals surface area contributed by atoms with E-state index >= 15 is 0 Å². The number of carbonyl (C=O) groups is 1. The van der Waals surface area contributed by atoms with Crippen LogP contribution in [0.1, 0.15) is 27.4 Å². The SMILES string of the molecule is Cc1noc(C)c1CCNc1ccc(C(=O)Nc2nncs2)cn1. The van der Waals surface area contributed by atoms with Crippen LogP contribution in [0.2, 0.25) is 0 Å². The van der Waals surface area contributed by atoms with Crippen LogP contribution in [0.15, 0.2) is 28.4 Å². The van der Waals surface area contributed by atoms with Crippen molar-refractivity contribution in [1.82, 2.24) is 20.3 Å². The molecule has 3 aromatic rings. The summed E-state index contributed by atoms with van der Waals surface area (Å²) in [6, 6.07) is 3.48. The fraction of sp³-hybridized carbons (Fsp3) is 0.267. The van der Waals surface area contributed by atoms with Crippen LogP contribution in [0, 0.1) is 13.8 Å². The average molecular weight is 344 g/mol. The van der Waals surface area contributed by atoms with Gasteiger partial charge in [-0.15, -0.1) is 10.2 Å². The summed E-state index contributed by atoms with van der Waals surface area (Å²) in [4.78, 5) is 16.3. The first-order valence-corrected chi connectivity index (χ1v) is 8.20. The second-order valence-corrected chi connectivity index (χ2v) is 5.94. The Bertz CT molecular complexity index is 794. The van der Waals surface area contributed by atoms with E-state index in [4.69, 9.17) is 4.52 Å². The molecule has 3 aromatic heterocycles. The fourth-order valence-electron chi connectivity index (χ4n) is 2.20. The van der Waals surface area contributed by atoms with Gasteiger partial charge in [0.2, 0.25) is 5.13 Å². The van der Waals surface area contributed by atoms with Crippen molar-refractivity contribution in [3.63, 3.8) is 0 Å². The molecule has 0 saturated heterocycles. The number of aryl methyl sites for hydroxylation is 2. The van der Waals surface area contributed by atoms with Crippen LogP contribution in [-0.4, -0.2) is 32.8 Å². The number of pyridine rings is 1. The number of aromatic nitrogens is 4. The van der Waals surface area contributed by atoms with Crippen molar-refractivity contribution in [3.8, 4) is 0 Å². The summed E-state index contributed by atoms with van der Waals surface area (Å²) in [5.74, 6) is 1.28. The molecule has 1 amide bonds. The molecule has 2 N–H and O–H groups in total. The van der Waals surface area contributed by atoms with Gasteiger partial charge < -0.3 is 9.84 Å². The molecule has 0 aliphatic carbocycles. The summed E-state index contributed by atoms with van der Waals surface area (Å²) < 4.78 is 5.14. The van der Waals surface area contributed by atoms with E-state index in [0.717, 1.165) is 23.4 Å². The topological polar surface area (TPSA) is 106 Å². The van der Waals surface area contributed by atoms with Crippen molar-refractivity contribution in [2.45, 2.75) is 20.3 Å². The molecule has 0 saturated carbocycles. The summed E-state index contributed by atoms with van der Waals surface area (Å²) in [5.41, 5.74) is 4.03. The zero-order valence-corrected chi connectivity index (χ0v) is 14.1. The Morgan fingerprint density at radius 3 is 2.83 bits per heavy atom. The maximum Gasteiger partial charge on any atom is 0.259 e. The zero-order chi connectivity index (χ0) is 16.9. The number of rotatable bonds is 6. The lowest BCUT2D eigenvalue weighted by Gasteiger charge is -2.06. The Morgan fingerprint density at radius 1 is 1.33 bits per heavy atom. The Kier molecular flexibility index (Phi) is 4.80. The van der Waals surface area contributed by atoms with Crippen molar-refractivity contribution < 1.29 is 9.32 Å². The van der Waals surface area contributed by atoms with Gasteiger partial charge in [0, 0.05) is 18.3 Å². The maximum absolute atomic E-state index is 12.0. The van der Waals surface area contributed by atoms with E-state index in [-0.39, 0.29) is 5.91 Å². The van der Waals surface area contributed by atoms with Gasteiger partial charge >= 0.3 is 0 Å². The highest BCUT2D eigenvalue weighted by molar-refractivity contribution is 7.13. The number of hydrogen-bond acceptors (Lipinski definition) is 8. The standard InChI is InChI=1S/C15H16N6O2S/c1-9-12(10(2)23-21-9)5-6-16-13-4-3-11(7-17-13)14(22)19-15-20-18-8-24-15/h3-4,7-8H,5-6H2,1-2H3,(H,16,17)(H,19,20,22). The van der Waals surface area contributed by atoms with E-state index in [0.29, 0.717) is 23.1 Å². The number of carbonyl (C=O) groups excluding carboxylic acids is 1. The lowest BCUT2D eigenvalue weighted by molar-refractivity contribution is 0.102. The minimum atomic E-state index is -0.262. The molecule has 24 heavy (non-hydrogen) atoms. The predicted octanol–water partition coefficient (Wildman–Crippen LogP) is 2.44. The highest BCUT2D eigenvalue weighted by Gasteiger charge is 2.10. The van der Waals surface area contributed by atoms with Crippen LogP contribution in [0.3, 0.4) is 0 Å². The number of anilines is 2. The third kappa shape index (κ3) is 3.74. The summed E-state index contributed by atoms with van der Waals surface area (Å²) in [5, 5.41) is 17.7. The Balaban J connectivity index is 1.54. The van der Waals surface area contributed by atoms with Gasteiger partial charge in [-0.25, -0.2) is 4.98 Å². The summed E-state index contributed by atoms with van der Waals surface area (Å²) in [7, 11) is 0. The first kappa shape index (κ1) is 16.1. The van der Waals surface area contributed by atoms with Crippen LogP contribution in [0.5, 0.6) is 0 Å². The zero-order valence-electron chi connectivity index (χ0n) is 13.2. The first-order valence-electron chi connectivity index (χ1n) is 7.32. The van der Waals surface area contributed by atoms with Crippen LogP contribution in [0.4, 0.5) is 10.9 Å². The molecule has 124 valence electrons. The largest absolute Gasteiger partial charge is 0.370 e. The predicted molar refractivity (Wildman–Crippen MR) is 90.3 cm³/mol. The van der Waals surface area contributed by atoms with Crippen LogP contribution in [0.25, 0.3) is 0 Å². The molecule has 0 spiro atoms. The highest BCUT2D eigenvalue weighted by atomic mass is 32.1. The highest BCUT2D eigenvalue weighted by Crippen LogP contribution is 2.14. The average Bonchev–Trinajstić information content (AvgIpc) is 3.20. The van der Waals surface area contributed by atoms with E-state index < -0.39 is 0 Å². The molecule has 0 aromatic carbocycles. The van der Waals surface area contributed by atoms with Crippen molar-refractivity contribution in [2.24, 2.45) is 0 Å². The second kappa shape index (κ2) is 7.18. The minimum Gasteiger partial charge on any atom is -0.370 e. The van der Waals surface area contributed by atoms with Gasteiger partial charge in [0.05, 0.1) is 11.3 Å². The molecule has 0 fully saturated rings. The van der Waals surface area contributed by atoms with Crippen molar-refractivity contribution in [2.75, 3.05) is 17.2 Å². The van der Waals surface area contributed by atoms with Gasteiger partial charge in [-0.05, 0) is 32.4 Å². The molecule has 9 heteroatoms. The van der Waals surface area contributed by atoms with Crippen molar-refractivity contribution in [3.05, 3.63) is 46.4 Å². The molecule has 0 aliphatic heterocycles. The number of amides is 1. The normalized spacial score (nSPS) is 10.6. The van der Waals surface area contributed by atoms with Gasteiger partial charge in [0.25, 0.3) is 5.91 Å². The molecule has 0 atom stereocenters. The summed E-state index contributed by atoms with van der Waals surface area (Å²) in [6.07, 6.45) is 2.32. The first-order chi connectivity index (χ1) is 11.6. The van der Waals surface area contributed by atoms with Gasteiger partial charge in [-0.1, -0.05) is 16.5 Å². The second-order valence-electron chi connectivity index (χ2n) is 5.11. The van der Waals surface area contributed by atoms with E-state index in [1.807, 2.05) is 13.8 Å². The molecular formula is C15H16N6O2S. The molecule has 0 bridgehead atoms. The maximum atomic E-state index is 12.0. The molecule has 0 unspecified atom stereocenters. The van der Waals surface area contributed by atoms with Gasteiger partial charge in [0.15, 0.2) is 0 Å². The third-order valence-corrected chi connectivity index (χ3v) is 4.08. The minimum absolute atomic E-state index is 0.262. The third-order valence-electron chi connectivity index (χ3n) is 3.47. The van der Waals surface area contributed by atoms with E-state index in [1.165, 1.54) is 17.5 Å². The molecule has 0 radical (unpaired) electrons. The Hall–Kier alpha value is -2.81. The van der Waals surface area contributed by atoms with Gasteiger partial charge in [0.1, 0.15) is 17.1 Å². The number of hydrogen-bond donors (Lipinski definition) is 2. The monoisotopic (exact) mass is 344 g/mol. The molecule has 0 aliphatic rings. The van der Waals surface area contributed by atoms with E-state index in [9.17, 15) is 4.79 Å². The van der Waals surface area contributed by atoms with Crippen LogP contribution < -0.4 is 10.6 Å². The molecule has 3 heterocycles. The van der Waals surface area contributed by atoms with Crippen LogP contribution in [-0.2, 0) is 6.42 Å². The Morgan fingerprint density at radius 2 is 2.21 bits per heavy atom. The summed E-state index contributed by atoms with van der Waals surface area (Å²) in [6.45, 7) is 4.53. The molecule has 3 rings (SSSR count). The lowest BCUT2D eigenvalue weighted by Crippen LogP contribution is -2.13. The quantitative estimate of drug-likeness (QED) is 0.707. The molecule has 8 nitrogen and oxygen atoms in total. The lowest BCUT2D eigenvalue weighted by atomic mass is 10.1. The fourth-order valence-corrected chi connectivity index (χ4v) is 2.64. The molecular weight excluding hydrogens is 328 g/mol. The van der Waals surface area contributed by atoms with Crippen molar-refractivity contribution >= 4 is 28.2 Å². The number of nitrogens with one attached hydrogen (secondary N) is 2. The van der Waals surface area contributed by atoms with Crippen LogP contribution >= 0.6 is 11.3 Å².